The fraction of sp³-hybridized carbons (Fsp3) is 0.333. The van der Waals surface area contributed by atoms with Gasteiger partial charge in [0, 0.05) is 0 Å². The first kappa shape index (κ1) is 21.2. The molecule has 0 aliphatic heterocycles. The standard InChI is InChI=1S/C15H11BrF7N3O/c1-4-8(16)5(2)26(25-4)6(3)14(27)24-13-11(19)9(17)7(15(21,22)23)10(18)12(13)20/h6H,1-3H3,(H,24,27). The number of nitrogens with one attached hydrogen (secondary N) is 1. The van der Waals surface area contributed by atoms with E-state index in [1.54, 1.807) is 19.2 Å². The van der Waals surface area contributed by atoms with Crippen molar-refractivity contribution in [3.05, 3.63) is 44.7 Å². The van der Waals surface area contributed by atoms with E-state index < -0.39 is 52.6 Å². The summed E-state index contributed by atoms with van der Waals surface area (Å²) in [5, 5.41) is 5.60. The maximum Gasteiger partial charge on any atom is 0.422 e. The number of halogens is 8. The van der Waals surface area contributed by atoms with E-state index in [0.717, 1.165) is 0 Å². The summed E-state index contributed by atoms with van der Waals surface area (Å²) in [6.45, 7) is 4.46. The van der Waals surface area contributed by atoms with E-state index in [2.05, 4.69) is 21.0 Å². The van der Waals surface area contributed by atoms with Gasteiger partial charge in [0.05, 0.1) is 15.9 Å². The first-order chi connectivity index (χ1) is 12.3. The monoisotopic (exact) mass is 461 g/mol. The quantitative estimate of drug-likeness (QED) is 0.514. The zero-order valence-electron chi connectivity index (χ0n) is 13.9. The fourth-order valence-corrected chi connectivity index (χ4v) is 2.61. The number of nitrogens with zero attached hydrogens (tertiary/aromatic N) is 2. The Morgan fingerprint density at radius 2 is 1.56 bits per heavy atom. The average Bonchev–Trinajstić information content (AvgIpc) is 2.82. The lowest BCUT2D eigenvalue weighted by Gasteiger charge is -2.17. The SMILES string of the molecule is Cc1nn(C(C)C(=O)Nc2c(F)c(F)c(C(F)(F)F)c(F)c2F)c(C)c1Br. The lowest BCUT2D eigenvalue weighted by molar-refractivity contribution is -0.143. The molecule has 1 amide bonds. The van der Waals surface area contributed by atoms with Crippen LogP contribution in [0, 0.1) is 37.1 Å². The van der Waals surface area contributed by atoms with Crippen molar-refractivity contribution >= 4 is 27.5 Å². The number of amides is 1. The van der Waals surface area contributed by atoms with Gasteiger partial charge in [0.1, 0.15) is 17.3 Å². The van der Waals surface area contributed by atoms with Gasteiger partial charge in [-0.2, -0.15) is 18.3 Å². The molecule has 27 heavy (non-hydrogen) atoms. The van der Waals surface area contributed by atoms with Gasteiger partial charge in [-0.1, -0.05) is 0 Å². The number of rotatable bonds is 3. The molecule has 2 rings (SSSR count). The minimum Gasteiger partial charge on any atom is -0.319 e. The van der Waals surface area contributed by atoms with Crippen molar-refractivity contribution in [3.8, 4) is 0 Å². The summed E-state index contributed by atoms with van der Waals surface area (Å²) in [7, 11) is 0. The van der Waals surface area contributed by atoms with Crippen molar-refractivity contribution < 1.29 is 35.5 Å². The molecule has 0 radical (unpaired) electrons. The van der Waals surface area contributed by atoms with E-state index in [0.29, 0.717) is 15.9 Å². The van der Waals surface area contributed by atoms with Gasteiger partial charge in [0.15, 0.2) is 23.3 Å². The second-order valence-corrected chi connectivity index (χ2v) is 6.39. The van der Waals surface area contributed by atoms with Crippen LogP contribution in [0.2, 0.25) is 0 Å². The predicted molar refractivity (Wildman–Crippen MR) is 84.0 cm³/mol. The Morgan fingerprint density at radius 3 is 1.93 bits per heavy atom. The Balaban J connectivity index is 2.45. The van der Waals surface area contributed by atoms with E-state index in [9.17, 15) is 35.5 Å². The Bertz CT molecular complexity index is 894. The number of carbonyl (C=O) groups excluding carboxylic acids is 1. The van der Waals surface area contributed by atoms with E-state index in [4.69, 9.17) is 0 Å². The van der Waals surface area contributed by atoms with Crippen molar-refractivity contribution in [3.63, 3.8) is 0 Å². The molecule has 4 nitrogen and oxygen atoms in total. The molecule has 0 aliphatic rings. The number of alkyl halides is 3. The molecule has 0 saturated carbocycles. The third-order valence-corrected chi connectivity index (χ3v) is 4.93. The maximum atomic E-state index is 13.9. The topological polar surface area (TPSA) is 46.9 Å². The number of carbonyl (C=O) groups is 1. The van der Waals surface area contributed by atoms with Gasteiger partial charge in [-0.05, 0) is 36.7 Å². The van der Waals surface area contributed by atoms with Crippen LogP contribution >= 0.6 is 15.9 Å². The lowest BCUT2D eigenvalue weighted by atomic mass is 10.1. The molecular formula is C15H11BrF7N3O. The van der Waals surface area contributed by atoms with E-state index in [-0.39, 0.29) is 0 Å². The normalized spacial score (nSPS) is 13.0. The smallest absolute Gasteiger partial charge is 0.319 e. The Labute approximate surface area is 156 Å². The Morgan fingerprint density at radius 1 is 1.07 bits per heavy atom. The molecule has 1 aromatic heterocycles. The molecule has 1 atom stereocenters. The first-order valence-corrected chi connectivity index (χ1v) is 8.03. The van der Waals surface area contributed by atoms with Crippen molar-refractivity contribution in [1.29, 1.82) is 0 Å². The first-order valence-electron chi connectivity index (χ1n) is 7.24. The second kappa shape index (κ2) is 7.13. The molecule has 0 saturated heterocycles. The summed E-state index contributed by atoms with van der Waals surface area (Å²) in [6.07, 6.45) is -5.67. The highest BCUT2D eigenvalue weighted by molar-refractivity contribution is 9.10. The molecular weight excluding hydrogens is 451 g/mol. The van der Waals surface area contributed by atoms with Crippen LogP contribution in [0.5, 0.6) is 0 Å². The van der Waals surface area contributed by atoms with Crippen LogP contribution in [-0.4, -0.2) is 15.7 Å². The van der Waals surface area contributed by atoms with Crippen molar-refractivity contribution in [2.24, 2.45) is 0 Å². The van der Waals surface area contributed by atoms with Crippen molar-refractivity contribution in [2.75, 3.05) is 5.32 Å². The fourth-order valence-electron chi connectivity index (χ4n) is 2.35. The minimum atomic E-state index is -5.67. The largest absolute Gasteiger partial charge is 0.422 e. The van der Waals surface area contributed by atoms with Crippen LogP contribution in [0.4, 0.5) is 36.4 Å². The van der Waals surface area contributed by atoms with Crippen LogP contribution < -0.4 is 5.32 Å². The summed E-state index contributed by atoms with van der Waals surface area (Å²) < 4.78 is 94.5. The summed E-state index contributed by atoms with van der Waals surface area (Å²) in [5.74, 6) is -11.2. The zero-order valence-corrected chi connectivity index (χ0v) is 15.5. The second-order valence-electron chi connectivity index (χ2n) is 5.60. The van der Waals surface area contributed by atoms with Gasteiger partial charge in [0.2, 0.25) is 5.91 Å². The van der Waals surface area contributed by atoms with Crippen molar-refractivity contribution in [2.45, 2.75) is 33.0 Å². The minimum absolute atomic E-state index is 0.473. The molecule has 1 unspecified atom stereocenters. The molecule has 2 aromatic rings. The lowest BCUT2D eigenvalue weighted by Crippen LogP contribution is -2.27. The van der Waals surface area contributed by atoms with Gasteiger partial charge in [-0.15, -0.1) is 0 Å². The molecule has 0 spiro atoms. The molecule has 0 aliphatic carbocycles. The number of aryl methyl sites for hydroxylation is 1. The van der Waals surface area contributed by atoms with Crippen LogP contribution in [0.3, 0.4) is 0 Å². The van der Waals surface area contributed by atoms with Crippen LogP contribution in [0.1, 0.15) is 29.9 Å². The predicted octanol–water partition coefficient (Wildman–Crippen LogP) is 5.04. The molecule has 0 fully saturated rings. The number of hydrogen-bond acceptors (Lipinski definition) is 2. The van der Waals surface area contributed by atoms with Gasteiger partial charge in [-0.3, -0.25) is 9.48 Å². The molecule has 0 bridgehead atoms. The molecule has 148 valence electrons. The summed E-state index contributed by atoms with van der Waals surface area (Å²) in [4.78, 5) is 12.2. The summed E-state index contributed by atoms with van der Waals surface area (Å²) in [5.41, 5.74) is -3.40. The highest BCUT2D eigenvalue weighted by Gasteiger charge is 2.42. The number of anilines is 1. The van der Waals surface area contributed by atoms with E-state index >= 15 is 0 Å². The molecule has 1 N–H and O–H groups in total. The maximum absolute atomic E-state index is 13.9. The molecule has 1 heterocycles. The third-order valence-electron chi connectivity index (χ3n) is 3.78. The van der Waals surface area contributed by atoms with Crippen LogP contribution in [-0.2, 0) is 11.0 Å². The highest BCUT2D eigenvalue weighted by atomic mass is 79.9. The van der Waals surface area contributed by atoms with Crippen LogP contribution in [0.15, 0.2) is 4.47 Å². The average molecular weight is 462 g/mol. The molecule has 12 heteroatoms. The van der Waals surface area contributed by atoms with Gasteiger partial charge >= 0.3 is 6.18 Å². The summed E-state index contributed by atoms with van der Waals surface area (Å²) in [6, 6.07) is -1.19. The zero-order chi connectivity index (χ0) is 20.8. The highest BCUT2D eigenvalue weighted by Crippen LogP contribution is 2.38. The van der Waals surface area contributed by atoms with E-state index in [1.807, 2.05) is 0 Å². The van der Waals surface area contributed by atoms with Crippen LogP contribution in [0.25, 0.3) is 0 Å². The van der Waals surface area contributed by atoms with Crippen molar-refractivity contribution in [1.82, 2.24) is 9.78 Å². The Hall–Kier alpha value is -2.11. The number of aromatic nitrogens is 2. The van der Waals surface area contributed by atoms with Gasteiger partial charge in [0.25, 0.3) is 0 Å². The molecule has 1 aromatic carbocycles. The Kier molecular flexibility index (Phi) is 5.60. The number of hydrogen-bond donors (Lipinski definition) is 1. The van der Waals surface area contributed by atoms with E-state index in [1.165, 1.54) is 11.6 Å². The van der Waals surface area contributed by atoms with Gasteiger partial charge < -0.3 is 5.32 Å². The van der Waals surface area contributed by atoms with Gasteiger partial charge in [-0.25, -0.2) is 17.6 Å². The summed E-state index contributed by atoms with van der Waals surface area (Å²) >= 11 is 3.21. The third kappa shape index (κ3) is 3.66. The number of benzene rings is 1.